The first-order valence-electron chi connectivity index (χ1n) is 6.46. The van der Waals surface area contributed by atoms with Crippen molar-refractivity contribution in [1.82, 2.24) is 14.4 Å². The van der Waals surface area contributed by atoms with E-state index >= 15 is 0 Å². The van der Waals surface area contributed by atoms with E-state index in [1.807, 2.05) is 35.5 Å². The number of carbonyl (C=O) groups is 1. The van der Waals surface area contributed by atoms with Crippen molar-refractivity contribution < 1.29 is 9.90 Å². The highest BCUT2D eigenvalue weighted by Crippen LogP contribution is 2.24. The summed E-state index contributed by atoms with van der Waals surface area (Å²) in [6, 6.07) is 5.77. The lowest BCUT2D eigenvalue weighted by Gasteiger charge is -2.16. The lowest BCUT2D eigenvalue weighted by Crippen LogP contribution is -2.23. The number of carboxylic acids is 1. The molecule has 108 valence electrons. The van der Waals surface area contributed by atoms with Crippen molar-refractivity contribution in [1.29, 1.82) is 0 Å². The summed E-state index contributed by atoms with van der Waals surface area (Å²) in [6.07, 6.45) is 4.22. The second-order valence-electron chi connectivity index (χ2n) is 4.64. The minimum atomic E-state index is -0.972. The Morgan fingerprint density at radius 3 is 3.05 bits per heavy atom. The van der Waals surface area contributed by atoms with Gasteiger partial charge in [0, 0.05) is 43.5 Å². The Morgan fingerprint density at radius 1 is 1.48 bits per heavy atom. The fraction of sp³-hybridized carbons (Fsp3) is 0.214. The summed E-state index contributed by atoms with van der Waals surface area (Å²) in [7, 11) is 1.85. The molecule has 0 aliphatic rings. The summed E-state index contributed by atoms with van der Waals surface area (Å²) in [6.45, 7) is 0.655. The largest absolute Gasteiger partial charge is 0.476 e. The number of rotatable bonds is 5. The van der Waals surface area contributed by atoms with Crippen LogP contribution in [0.1, 0.15) is 16.2 Å². The number of thiazole rings is 1. The number of nitrogens with zero attached hydrogens (tertiary/aromatic N) is 4. The van der Waals surface area contributed by atoms with Crippen LogP contribution in [0.5, 0.6) is 0 Å². The number of hydrogen-bond acceptors (Lipinski definition) is 5. The zero-order chi connectivity index (χ0) is 14.8. The molecule has 0 saturated carbocycles. The van der Waals surface area contributed by atoms with E-state index in [1.165, 1.54) is 11.3 Å². The van der Waals surface area contributed by atoms with Crippen molar-refractivity contribution >= 4 is 28.1 Å². The summed E-state index contributed by atoms with van der Waals surface area (Å²) < 4.78 is 1.61. The maximum atomic E-state index is 11.5. The van der Waals surface area contributed by atoms with Gasteiger partial charge in [0.2, 0.25) is 0 Å². The van der Waals surface area contributed by atoms with E-state index in [9.17, 15) is 9.90 Å². The van der Waals surface area contributed by atoms with Crippen LogP contribution in [0.25, 0.3) is 4.96 Å². The number of carboxylic acid groups (broad SMARTS) is 1. The molecular formula is C14H14N4O2S. The molecule has 0 amide bonds. The van der Waals surface area contributed by atoms with E-state index in [0.29, 0.717) is 17.3 Å². The first-order valence-corrected chi connectivity index (χ1v) is 7.34. The molecule has 0 atom stereocenters. The molecule has 0 radical (unpaired) electrons. The van der Waals surface area contributed by atoms with Crippen LogP contribution in [0.2, 0.25) is 0 Å². The van der Waals surface area contributed by atoms with Gasteiger partial charge in [-0.2, -0.15) is 0 Å². The number of anilines is 1. The Morgan fingerprint density at radius 2 is 2.33 bits per heavy atom. The number of hydrogen-bond donors (Lipinski definition) is 1. The fourth-order valence-electron chi connectivity index (χ4n) is 2.17. The predicted octanol–water partition coefficient (Wildman–Crippen LogP) is 2.17. The van der Waals surface area contributed by atoms with Crippen LogP contribution in [-0.2, 0) is 6.42 Å². The summed E-state index contributed by atoms with van der Waals surface area (Å²) in [5, 5.41) is 11.2. The lowest BCUT2D eigenvalue weighted by molar-refractivity contribution is 0.0690. The molecule has 21 heavy (non-hydrogen) atoms. The number of aromatic carboxylic acids is 1. The van der Waals surface area contributed by atoms with E-state index in [2.05, 4.69) is 9.97 Å². The molecule has 0 fully saturated rings. The number of pyridine rings is 1. The Bertz CT molecular complexity index is 766. The Hall–Kier alpha value is -2.41. The maximum absolute atomic E-state index is 11.5. The van der Waals surface area contributed by atoms with Crippen molar-refractivity contribution in [3.63, 3.8) is 0 Å². The van der Waals surface area contributed by atoms with E-state index in [1.54, 1.807) is 16.8 Å². The minimum Gasteiger partial charge on any atom is -0.476 e. The summed E-state index contributed by atoms with van der Waals surface area (Å²) in [4.78, 5) is 22.7. The van der Waals surface area contributed by atoms with Crippen LogP contribution >= 0.6 is 11.3 Å². The van der Waals surface area contributed by atoms with Gasteiger partial charge < -0.3 is 10.0 Å². The number of imidazole rings is 1. The zero-order valence-corrected chi connectivity index (χ0v) is 12.2. The first kappa shape index (κ1) is 13.6. The molecule has 3 rings (SSSR count). The van der Waals surface area contributed by atoms with E-state index < -0.39 is 5.97 Å². The molecule has 0 aromatic carbocycles. The van der Waals surface area contributed by atoms with Crippen LogP contribution < -0.4 is 4.90 Å². The zero-order valence-electron chi connectivity index (χ0n) is 11.4. The van der Waals surface area contributed by atoms with Gasteiger partial charge >= 0.3 is 5.97 Å². The van der Waals surface area contributed by atoms with E-state index in [4.69, 9.17) is 0 Å². The second kappa shape index (κ2) is 5.53. The van der Waals surface area contributed by atoms with Gasteiger partial charge in [0.1, 0.15) is 0 Å². The highest BCUT2D eigenvalue weighted by atomic mass is 32.1. The van der Waals surface area contributed by atoms with E-state index in [-0.39, 0.29) is 5.69 Å². The normalized spacial score (nSPS) is 10.9. The molecule has 0 aliphatic carbocycles. The molecule has 0 spiro atoms. The van der Waals surface area contributed by atoms with Crippen LogP contribution in [0, 0.1) is 0 Å². The summed E-state index contributed by atoms with van der Waals surface area (Å²) in [5.74, 6) is -0.481. The Balaban J connectivity index is 1.84. The highest BCUT2D eigenvalue weighted by molar-refractivity contribution is 7.15. The molecule has 7 heteroatoms. The third-order valence-corrected chi connectivity index (χ3v) is 3.99. The fourth-order valence-corrected chi connectivity index (χ4v) is 2.88. The van der Waals surface area contributed by atoms with Crippen molar-refractivity contribution in [3.05, 3.63) is 47.4 Å². The van der Waals surface area contributed by atoms with Gasteiger partial charge in [-0.1, -0.05) is 6.07 Å². The quantitative estimate of drug-likeness (QED) is 0.782. The molecular weight excluding hydrogens is 288 g/mol. The van der Waals surface area contributed by atoms with Crippen LogP contribution in [0.4, 0.5) is 5.82 Å². The molecule has 0 saturated heterocycles. The van der Waals surface area contributed by atoms with Gasteiger partial charge in [-0.15, -0.1) is 11.3 Å². The summed E-state index contributed by atoms with van der Waals surface area (Å²) in [5.41, 5.74) is 1.18. The predicted molar refractivity (Wildman–Crippen MR) is 81.2 cm³/mol. The summed E-state index contributed by atoms with van der Waals surface area (Å²) >= 11 is 1.42. The molecule has 3 heterocycles. The van der Waals surface area contributed by atoms with Gasteiger partial charge in [-0.3, -0.25) is 9.38 Å². The Labute approximate surface area is 125 Å². The maximum Gasteiger partial charge on any atom is 0.356 e. The monoisotopic (exact) mass is 302 g/mol. The average Bonchev–Trinajstić information content (AvgIpc) is 3.05. The van der Waals surface area contributed by atoms with Gasteiger partial charge in [0.25, 0.3) is 0 Å². The average molecular weight is 302 g/mol. The molecule has 0 aliphatic heterocycles. The minimum absolute atomic E-state index is 0.203. The van der Waals surface area contributed by atoms with Gasteiger partial charge in [0.15, 0.2) is 16.5 Å². The molecule has 0 unspecified atom stereocenters. The van der Waals surface area contributed by atoms with Gasteiger partial charge in [0.05, 0.1) is 0 Å². The number of likely N-dealkylation sites (N-methyl/N-ethyl adjacent to an activating group) is 1. The molecule has 1 N–H and O–H groups in total. The first-order chi connectivity index (χ1) is 10.2. The highest BCUT2D eigenvalue weighted by Gasteiger charge is 2.22. The Kier molecular flexibility index (Phi) is 3.57. The van der Waals surface area contributed by atoms with Crippen molar-refractivity contribution in [2.24, 2.45) is 0 Å². The van der Waals surface area contributed by atoms with Crippen molar-refractivity contribution in [2.75, 3.05) is 18.5 Å². The number of fused-ring (bicyclic) bond motifs is 1. The van der Waals surface area contributed by atoms with Crippen LogP contribution in [0.3, 0.4) is 0 Å². The third kappa shape index (κ3) is 2.59. The number of aromatic nitrogens is 3. The van der Waals surface area contributed by atoms with Crippen LogP contribution in [-0.4, -0.2) is 39.0 Å². The van der Waals surface area contributed by atoms with E-state index in [0.717, 1.165) is 12.1 Å². The molecule has 3 aromatic heterocycles. The van der Waals surface area contributed by atoms with Gasteiger partial charge in [-0.05, 0) is 12.1 Å². The standard InChI is InChI=1S/C14H14N4O2S/c1-17(7-5-10-4-2-3-6-15-10)12-11(13(19)20)18-8-9-21-14(18)16-12/h2-4,6,8-9H,5,7H2,1H3,(H,19,20). The van der Waals surface area contributed by atoms with Crippen LogP contribution in [0.15, 0.2) is 36.0 Å². The lowest BCUT2D eigenvalue weighted by atomic mass is 10.2. The second-order valence-corrected chi connectivity index (χ2v) is 5.51. The molecule has 6 nitrogen and oxygen atoms in total. The topological polar surface area (TPSA) is 70.7 Å². The SMILES string of the molecule is CN(CCc1ccccn1)c1nc2sccn2c1C(=O)O. The van der Waals surface area contributed by atoms with Crippen molar-refractivity contribution in [3.8, 4) is 0 Å². The smallest absolute Gasteiger partial charge is 0.356 e. The third-order valence-electron chi connectivity index (χ3n) is 3.24. The van der Waals surface area contributed by atoms with Crippen molar-refractivity contribution in [2.45, 2.75) is 6.42 Å². The molecule has 3 aromatic rings. The molecule has 0 bridgehead atoms. The van der Waals surface area contributed by atoms with Gasteiger partial charge in [-0.25, -0.2) is 9.78 Å².